The molecule has 0 saturated carbocycles. The molecule has 0 bridgehead atoms. The van der Waals surface area contributed by atoms with Crippen molar-refractivity contribution in [1.82, 2.24) is 9.78 Å². The molecule has 1 aromatic carbocycles. The molecule has 0 unspecified atom stereocenters. The summed E-state index contributed by atoms with van der Waals surface area (Å²) in [5.41, 5.74) is 9.49. The van der Waals surface area contributed by atoms with E-state index in [0.29, 0.717) is 0 Å². The molecule has 2 aromatic rings. The van der Waals surface area contributed by atoms with E-state index in [9.17, 15) is 0 Å². The average molecular weight is 272 g/mol. The Morgan fingerprint density at radius 3 is 2.55 bits per heavy atom. The van der Waals surface area contributed by atoms with Crippen LogP contribution >= 0.6 is 0 Å². The van der Waals surface area contributed by atoms with Crippen LogP contribution in [0.2, 0.25) is 0 Å². The minimum atomic E-state index is 0.731. The molecule has 0 aliphatic heterocycles. The van der Waals surface area contributed by atoms with Crippen LogP contribution in [-0.2, 0) is 13.5 Å². The van der Waals surface area contributed by atoms with Gasteiger partial charge in [-0.1, -0.05) is 17.7 Å². The van der Waals surface area contributed by atoms with E-state index in [1.807, 2.05) is 17.9 Å². The smallest absolute Gasteiger partial charge is 0.0522 e. The first-order valence-electron chi connectivity index (χ1n) is 7.18. The summed E-state index contributed by atoms with van der Waals surface area (Å²) < 4.78 is 1.85. The van der Waals surface area contributed by atoms with Crippen molar-refractivity contribution >= 4 is 5.69 Å². The normalized spacial score (nSPS) is 10.8. The van der Waals surface area contributed by atoms with E-state index in [4.69, 9.17) is 5.73 Å². The molecule has 0 amide bonds. The standard InChI is InChI=1S/C16H24N4/c1-14-4-6-16(7-5-14)20(10-3-9-17)11-8-15-12-18-19(2)13-15/h4-7,12-13H,3,8-11,17H2,1-2H3. The molecule has 0 radical (unpaired) electrons. The Morgan fingerprint density at radius 2 is 1.95 bits per heavy atom. The molecule has 20 heavy (non-hydrogen) atoms. The number of aromatic nitrogens is 2. The van der Waals surface area contributed by atoms with Crippen LogP contribution in [0, 0.1) is 6.92 Å². The van der Waals surface area contributed by atoms with Crippen LogP contribution < -0.4 is 10.6 Å². The molecule has 108 valence electrons. The molecule has 0 saturated heterocycles. The SMILES string of the molecule is Cc1ccc(N(CCCN)CCc2cnn(C)c2)cc1. The lowest BCUT2D eigenvalue weighted by Gasteiger charge is -2.24. The van der Waals surface area contributed by atoms with Crippen molar-refractivity contribution in [1.29, 1.82) is 0 Å². The van der Waals surface area contributed by atoms with E-state index >= 15 is 0 Å². The van der Waals surface area contributed by atoms with Crippen LogP contribution in [0.5, 0.6) is 0 Å². The van der Waals surface area contributed by atoms with Gasteiger partial charge in [0.1, 0.15) is 0 Å². The zero-order valence-electron chi connectivity index (χ0n) is 12.4. The maximum atomic E-state index is 5.65. The fourth-order valence-electron chi connectivity index (χ4n) is 2.27. The van der Waals surface area contributed by atoms with Gasteiger partial charge in [-0.15, -0.1) is 0 Å². The van der Waals surface area contributed by atoms with Gasteiger partial charge in [-0.3, -0.25) is 4.68 Å². The molecule has 0 spiro atoms. The van der Waals surface area contributed by atoms with Crippen molar-refractivity contribution in [2.75, 3.05) is 24.5 Å². The highest BCUT2D eigenvalue weighted by Gasteiger charge is 2.07. The maximum Gasteiger partial charge on any atom is 0.0522 e. The number of nitrogens with two attached hydrogens (primary N) is 1. The van der Waals surface area contributed by atoms with E-state index < -0.39 is 0 Å². The molecule has 0 fully saturated rings. The largest absolute Gasteiger partial charge is 0.371 e. The van der Waals surface area contributed by atoms with Crippen molar-refractivity contribution < 1.29 is 0 Å². The zero-order chi connectivity index (χ0) is 14.4. The highest BCUT2D eigenvalue weighted by Crippen LogP contribution is 2.16. The van der Waals surface area contributed by atoms with Crippen molar-refractivity contribution in [2.45, 2.75) is 19.8 Å². The van der Waals surface area contributed by atoms with Crippen LogP contribution in [0.15, 0.2) is 36.7 Å². The number of anilines is 1. The van der Waals surface area contributed by atoms with Crippen molar-refractivity contribution in [3.8, 4) is 0 Å². The van der Waals surface area contributed by atoms with E-state index in [-0.39, 0.29) is 0 Å². The second-order valence-electron chi connectivity index (χ2n) is 5.24. The third kappa shape index (κ3) is 4.10. The second-order valence-corrected chi connectivity index (χ2v) is 5.24. The summed E-state index contributed by atoms with van der Waals surface area (Å²) in [5, 5.41) is 4.22. The Bertz CT molecular complexity index is 516. The van der Waals surface area contributed by atoms with Gasteiger partial charge in [0.2, 0.25) is 0 Å². The molecule has 0 aliphatic rings. The van der Waals surface area contributed by atoms with Crippen LogP contribution in [0.25, 0.3) is 0 Å². The first-order chi connectivity index (χ1) is 9.69. The number of aryl methyl sites for hydroxylation is 2. The Balaban J connectivity index is 2.01. The molecule has 2 rings (SSSR count). The van der Waals surface area contributed by atoms with E-state index in [1.165, 1.54) is 16.8 Å². The van der Waals surface area contributed by atoms with Crippen LogP contribution in [0.3, 0.4) is 0 Å². The predicted octanol–water partition coefficient (Wildman–Crippen LogP) is 2.13. The summed E-state index contributed by atoms with van der Waals surface area (Å²) >= 11 is 0. The summed E-state index contributed by atoms with van der Waals surface area (Å²) in [6.07, 6.45) is 6.04. The van der Waals surface area contributed by atoms with Gasteiger partial charge < -0.3 is 10.6 Å². The van der Waals surface area contributed by atoms with Gasteiger partial charge >= 0.3 is 0 Å². The lowest BCUT2D eigenvalue weighted by molar-refractivity contribution is 0.728. The first kappa shape index (κ1) is 14.6. The summed E-state index contributed by atoms with van der Waals surface area (Å²) in [6.45, 7) is 4.84. The molecule has 2 N–H and O–H groups in total. The van der Waals surface area contributed by atoms with Gasteiger partial charge in [-0.25, -0.2) is 0 Å². The minimum Gasteiger partial charge on any atom is -0.371 e. The van der Waals surface area contributed by atoms with Crippen LogP contribution in [-0.4, -0.2) is 29.4 Å². The fourth-order valence-corrected chi connectivity index (χ4v) is 2.27. The van der Waals surface area contributed by atoms with Gasteiger partial charge in [0.25, 0.3) is 0 Å². The van der Waals surface area contributed by atoms with Crippen molar-refractivity contribution in [3.63, 3.8) is 0 Å². The maximum absolute atomic E-state index is 5.65. The topological polar surface area (TPSA) is 47.1 Å². The van der Waals surface area contributed by atoms with E-state index in [2.05, 4.69) is 47.4 Å². The Hall–Kier alpha value is -1.81. The molecule has 1 heterocycles. The number of hydrogen-bond acceptors (Lipinski definition) is 3. The Kier molecular flexibility index (Phi) is 5.18. The van der Waals surface area contributed by atoms with Crippen molar-refractivity contribution in [2.24, 2.45) is 12.8 Å². The van der Waals surface area contributed by atoms with Gasteiger partial charge in [-0.2, -0.15) is 5.10 Å². The van der Waals surface area contributed by atoms with E-state index in [1.54, 1.807) is 0 Å². The van der Waals surface area contributed by atoms with Gasteiger partial charge in [0.15, 0.2) is 0 Å². The number of nitrogens with zero attached hydrogens (tertiary/aromatic N) is 3. The quantitative estimate of drug-likeness (QED) is 0.840. The third-order valence-corrected chi connectivity index (χ3v) is 3.46. The lowest BCUT2D eigenvalue weighted by atomic mass is 10.2. The first-order valence-corrected chi connectivity index (χ1v) is 7.18. The monoisotopic (exact) mass is 272 g/mol. The predicted molar refractivity (Wildman–Crippen MR) is 84.0 cm³/mol. The van der Waals surface area contributed by atoms with Gasteiger partial charge in [0, 0.05) is 32.0 Å². The third-order valence-electron chi connectivity index (χ3n) is 3.46. The summed E-state index contributed by atoms with van der Waals surface area (Å²) in [6, 6.07) is 8.70. The Morgan fingerprint density at radius 1 is 1.20 bits per heavy atom. The average Bonchev–Trinajstić information content (AvgIpc) is 2.86. The molecule has 4 heteroatoms. The van der Waals surface area contributed by atoms with Gasteiger partial charge in [0.05, 0.1) is 6.20 Å². The molecular formula is C16H24N4. The zero-order valence-corrected chi connectivity index (χ0v) is 12.4. The molecule has 0 atom stereocenters. The summed E-state index contributed by atoms with van der Waals surface area (Å²) in [7, 11) is 1.95. The number of rotatable bonds is 7. The molecule has 4 nitrogen and oxygen atoms in total. The van der Waals surface area contributed by atoms with Gasteiger partial charge in [-0.05, 0) is 44.0 Å². The molecular weight excluding hydrogens is 248 g/mol. The van der Waals surface area contributed by atoms with Crippen molar-refractivity contribution in [3.05, 3.63) is 47.8 Å². The highest BCUT2D eigenvalue weighted by atomic mass is 15.2. The minimum absolute atomic E-state index is 0.731. The Labute approximate surface area is 121 Å². The number of hydrogen-bond donors (Lipinski definition) is 1. The summed E-state index contributed by atoms with van der Waals surface area (Å²) in [5.74, 6) is 0. The molecule has 1 aromatic heterocycles. The second kappa shape index (κ2) is 7.10. The van der Waals surface area contributed by atoms with Crippen LogP contribution in [0.4, 0.5) is 5.69 Å². The molecule has 0 aliphatic carbocycles. The van der Waals surface area contributed by atoms with Crippen LogP contribution in [0.1, 0.15) is 17.5 Å². The highest BCUT2D eigenvalue weighted by molar-refractivity contribution is 5.47. The van der Waals surface area contributed by atoms with E-state index in [0.717, 1.165) is 32.5 Å². The number of benzene rings is 1. The summed E-state index contributed by atoms with van der Waals surface area (Å²) in [4.78, 5) is 2.40. The lowest BCUT2D eigenvalue weighted by Crippen LogP contribution is -2.28. The fraction of sp³-hybridized carbons (Fsp3) is 0.438.